The molecule has 0 unspecified atom stereocenters. The Kier molecular flexibility index (Phi) is 2.86. The summed E-state index contributed by atoms with van der Waals surface area (Å²) in [6.45, 7) is 0.348. The lowest BCUT2D eigenvalue weighted by atomic mass is 10.2. The van der Waals surface area contributed by atoms with Crippen molar-refractivity contribution < 1.29 is 9.32 Å². The second-order valence-corrected chi connectivity index (χ2v) is 4.93. The Morgan fingerprint density at radius 2 is 1.86 bits per heavy atom. The second-order valence-electron chi connectivity index (χ2n) is 4.93. The van der Waals surface area contributed by atoms with Crippen molar-refractivity contribution in [2.45, 2.75) is 6.54 Å². The summed E-state index contributed by atoms with van der Waals surface area (Å²) in [7, 11) is 0. The summed E-state index contributed by atoms with van der Waals surface area (Å²) in [4.78, 5) is 12.3. The van der Waals surface area contributed by atoms with Crippen LogP contribution in [0.4, 0.5) is 0 Å². The van der Waals surface area contributed by atoms with Crippen molar-refractivity contribution in [1.82, 2.24) is 20.7 Å². The lowest BCUT2D eigenvalue weighted by molar-refractivity contribution is 0.0943. The molecule has 6 nitrogen and oxygen atoms in total. The summed E-state index contributed by atoms with van der Waals surface area (Å²) in [5, 5.41) is 15.5. The van der Waals surface area contributed by atoms with Crippen LogP contribution in [-0.2, 0) is 6.54 Å². The van der Waals surface area contributed by atoms with Gasteiger partial charge in [0.25, 0.3) is 5.91 Å². The number of nitrogens with one attached hydrogen (secondary N) is 2. The molecule has 0 aliphatic heterocycles. The number of carbonyl (C=O) groups excluding carboxylic acids is 1. The van der Waals surface area contributed by atoms with Gasteiger partial charge < -0.3 is 9.84 Å². The van der Waals surface area contributed by atoms with Gasteiger partial charge in [0.15, 0.2) is 11.3 Å². The van der Waals surface area contributed by atoms with Gasteiger partial charge in [-0.1, -0.05) is 35.5 Å². The Labute approximate surface area is 125 Å². The molecule has 0 fully saturated rings. The van der Waals surface area contributed by atoms with Crippen molar-refractivity contribution in [2.75, 3.05) is 0 Å². The quantitative estimate of drug-likeness (QED) is 0.608. The summed E-state index contributed by atoms with van der Waals surface area (Å²) in [6.07, 6.45) is 0. The van der Waals surface area contributed by atoms with E-state index in [-0.39, 0.29) is 5.91 Å². The number of H-pyrrole nitrogens is 1. The van der Waals surface area contributed by atoms with Gasteiger partial charge in [-0.3, -0.25) is 9.89 Å². The van der Waals surface area contributed by atoms with Gasteiger partial charge in [0.05, 0.1) is 23.1 Å². The monoisotopic (exact) mass is 292 g/mol. The topological polar surface area (TPSA) is 83.8 Å². The van der Waals surface area contributed by atoms with E-state index in [4.69, 9.17) is 4.52 Å². The van der Waals surface area contributed by atoms with Gasteiger partial charge in [-0.2, -0.15) is 5.10 Å². The van der Waals surface area contributed by atoms with E-state index in [1.165, 1.54) is 0 Å². The molecule has 0 bridgehead atoms. The van der Waals surface area contributed by atoms with E-state index in [0.29, 0.717) is 23.2 Å². The SMILES string of the molecule is O=C(NCc1[nH]nc2ccccc12)c1noc2ccccc12. The fourth-order valence-electron chi connectivity index (χ4n) is 2.45. The van der Waals surface area contributed by atoms with Crippen molar-refractivity contribution >= 4 is 27.8 Å². The molecular weight excluding hydrogens is 280 g/mol. The zero-order valence-electron chi connectivity index (χ0n) is 11.5. The summed E-state index contributed by atoms with van der Waals surface area (Å²) < 4.78 is 5.15. The number of fused-ring (bicyclic) bond motifs is 2. The van der Waals surface area contributed by atoms with E-state index in [9.17, 15) is 4.79 Å². The van der Waals surface area contributed by atoms with E-state index >= 15 is 0 Å². The molecule has 108 valence electrons. The molecule has 1 amide bonds. The lowest BCUT2D eigenvalue weighted by Crippen LogP contribution is -2.23. The number of para-hydroxylation sites is 2. The predicted molar refractivity (Wildman–Crippen MR) is 81.3 cm³/mol. The number of benzene rings is 2. The van der Waals surface area contributed by atoms with Gasteiger partial charge in [-0.15, -0.1) is 0 Å². The number of hydrogen-bond acceptors (Lipinski definition) is 4. The number of amides is 1. The highest BCUT2D eigenvalue weighted by Gasteiger charge is 2.16. The molecule has 6 heteroatoms. The maximum Gasteiger partial charge on any atom is 0.274 e. The molecule has 2 heterocycles. The molecule has 2 aromatic carbocycles. The number of carbonyl (C=O) groups is 1. The van der Waals surface area contributed by atoms with Gasteiger partial charge in [0, 0.05) is 5.39 Å². The maximum atomic E-state index is 12.3. The molecular formula is C16H12N4O2. The average Bonchev–Trinajstić information content (AvgIpc) is 3.17. The van der Waals surface area contributed by atoms with Crippen LogP contribution in [0.5, 0.6) is 0 Å². The smallest absolute Gasteiger partial charge is 0.274 e. The van der Waals surface area contributed by atoms with E-state index in [0.717, 1.165) is 16.6 Å². The lowest BCUT2D eigenvalue weighted by Gasteiger charge is -2.01. The fourth-order valence-corrected chi connectivity index (χ4v) is 2.45. The fraction of sp³-hybridized carbons (Fsp3) is 0.0625. The summed E-state index contributed by atoms with van der Waals surface area (Å²) in [5.41, 5.74) is 2.62. The first-order chi connectivity index (χ1) is 10.8. The van der Waals surface area contributed by atoms with Crippen LogP contribution in [0, 0.1) is 0 Å². The average molecular weight is 292 g/mol. The van der Waals surface area contributed by atoms with Crippen LogP contribution in [-0.4, -0.2) is 21.3 Å². The number of nitrogens with zero attached hydrogens (tertiary/aromatic N) is 2. The third-order valence-electron chi connectivity index (χ3n) is 3.56. The number of aromatic nitrogens is 3. The minimum absolute atomic E-state index is 0.274. The minimum Gasteiger partial charge on any atom is -0.355 e. The van der Waals surface area contributed by atoms with Crippen molar-refractivity contribution in [3.8, 4) is 0 Å². The Morgan fingerprint density at radius 1 is 1.09 bits per heavy atom. The van der Waals surface area contributed by atoms with Gasteiger partial charge in [-0.05, 0) is 18.2 Å². The number of hydrogen-bond donors (Lipinski definition) is 2. The van der Waals surface area contributed by atoms with Gasteiger partial charge >= 0.3 is 0 Å². The molecule has 0 saturated heterocycles. The zero-order chi connectivity index (χ0) is 14.9. The molecule has 22 heavy (non-hydrogen) atoms. The summed E-state index contributed by atoms with van der Waals surface area (Å²) in [5.74, 6) is -0.274. The molecule has 0 spiro atoms. The highest BCUT2D eigenvalue weighted by molar-refractivity contribution is 6.04. The van der Waals surface area contributed by atoms with Crippen molar-refractivity contribution in [3.05, 3.63) is 59.9 Å². The Morgan fingerprint density at radius 3 is 2.77 bits per heavy atom. The van der Waals surface area contributed by atoms with Gasteiger partial charge in [0.2, 0.25) is 0 Å². The molecule has 0 aliphatic carbocycles. The molecule has 4 rings (SSSR count). The highest BCUT2D eigenvalue weighted by Crippen LogP contribution is 2.18. The van der Waals surface area contributed by atoms with Crippen molar-refractivity contribution in [3.63, 3.8) is 0 Å². The Balaban J connectivity index is 1.57. The molecule has 0 saturated carbocycles. The first-order valence-corrected chi connectivity index (χ1v) is 6.87. The van der Waals surface area contributed by atoms with E-state index in [1.807, 2.05) is 42.5 Å². The number of rotatable bonds is 3. The normalized spacial score (nSPS) is 11.1. The van der Waals surface area contributed by atoms with Crippen LogP contribution in [0.15, 0.2) is 53.1 Å². The standard InChI is InChI=1S/C16H12N4O2/c21-16(15-11-6-2-4-8-14(11)22-20-15)17-9-13-10-5-1-3-7-12(10)18-19-13/h1-8H,9H2,(H,17,21)(H,18,19). The van der Waals surface area contributed by atoms with Gasteiger partial charge in [-0.25, -0.2) is 0 Å². The molecule has 0 aliphatic rings. The van der Waals surface area contributed by atoms with Crippen LogP contribution >= 0.6 is 0 Å². The van der Waals surface area contributed by atoms with E-state index in [2.05, 4.69) is 20.7 Å². The largest absolute Gasteiger partial charge is 0.355 e. The first-order valence-electron chi connectivity index (χ1n) is 6.87. The van der Waals surface area contributed by atoms with Crippen LogP contribution in [0.2, 0.25) is 0 Å². The van der Waals surface area contributed by atoms with Crippen LogP contribution in [0.1, 0.15) is 16.2 Å². The second kappa shape index (κ2) is 5.00. The number of aromatic amines is 1. The molecule has 4 aromatic rings. The third kappa shape index (κ3) is 2.01. The maximum absolute atomic E-state index is 12.3. The van der Waals surface area contributed by atoms with Gasteiger partial charge in [0.1, 0.15) is 0 Å². The third-order valence-corrected chi connectivity index (χ3v) is 3.56. The molecule has 2 aromatic heterocycles. The Bertz CT molecular complexity index is 970. The van der Waals surface area contributed by atoms with Crippen molar-refractivity contribution in [2.24, 2.45) is 0 Å². The first kappa shape index (κ1) is 12.6. The zero-order valence-corrected chi connectivity index (χ0v) is 11.5. The summed E-state index contributed by atoms with van der Waals surface area (Å²) in [6, 6.07) is 15.0. The van der Waals surface area contributed by atoms with E-state index < -0.39 is 0 Å². The van der Waals surface area contributed by atoms with Crippen molar-refractivity contribution in [1.29, 1.82) is 0 Å². The van der Waals surface area contributed by atoms with Crippen LogP contribution in [0.3, 0.4) is 0 Å². The Hall–Kier alpha value is -3.15. The predicted octanol–water partition coefficient (Wildman–Crippen LogP) is 2.63. The molecule has 2 N–H and O–H groups in total. The molecule has 0 radical (unpaired) electrons. The van der Waals surface area contributed by atoms with E-state index in [1.54, 1.807) is 6.07 Å². The highest BCUT2D eigenvalue weighted by atomic mass is 16.5. The molecule has 0 atom stereocenters. The minimum atomic E-state index is -0.274. The summed E-state index contributed by atoms with van der Waals surface area (Å²) >= 11 is 0. The van der Waals surface area contributed by atoms with Crippen LogP contribution in [0.25, 0.3) is 21.9 Å². The van der Waals surface area contributed by atoms with Crippen LogP contribution < -0.4 is 5.32 Å².